The van der Waals surface area contributed by atoms with Crippen molar-refractivity contribution in [2.24, 2.45) is 0 Å². The Bertz CT molecular complexity index is 1110. The number of carbonyl (C=O) groups is 4. The van der Waals surface area contributed by atoms with Gasteiger partial charge in [-0.1, -0.05) is 36.4 Å². The average Bonchev–Trinajstić information content (AvgIpc) is 3.31. The van der Waals surface area contributed by atoms with Crippen LogP contribution in [-0.2, 0) is 14.3 Å². The van der Waals surface area contributed by atoms with Crippen LogP contribution in [0.15, 0.2) is 36.4 Å². The summed E-state index contributed by atoms with van der Waals surface area (Å²) in [7, 11) is 1.55. The van der Waals surface area contributed by atoms with Crippen LogP contribution in [0.5, 0.6) is 0 Å². The fourth-order valence-electron chi connectivity index (χ4n) is 3.65. The van der Waals surface area contributed by atoms with E-state index >= 15 is 0 Å². The van der Waals surface area contributed by atoms with Crippen molar-refractivity contribution in [2.75, 3.05) is 39.9 Å². The van der Waals surface area contributed by atoms with Crippen molar-refractivity contribution in [3.05, 3.63) is 47.0 Å². The van der Waals surface area contributed by atoms with Gasteiger partial charge in [0.05, 0.1) is 11.5 Å². The van der Waals surface area contributed by atoms with E-state index in [1.807, 2.05) is 30.3 Å². The monoisotopic (exact) mass is 516 g/mol. The third-order valence-corrected chi connectivity index (χ3v) is 6.60. The molecule has 1 atom stereocenters. The fraction of sp³-hybridized carbons (Fsp3) is 0.375. The Morgan fingerprint density at radius 2 is 1.78 bits per heavy atom. The first-order chi connectivity index (χ1) is 17.3. The molecular weight excluding hydrogens is 488 g/mol. The smallest absolute Gasteiger partial charge is 0.407 e. The van der Waals surface area contributed by atoms with Gasteiger partial charge in [-0.2, -0.15) is 0 Å². The number of aliphatic carboxylic acids is 1. The molecule has 0 saturated carbocycles. The number of carboxylic acid groups (broad SMARTS) is 2. The lowest BCUT2D eigenvalue weighted by Crippen LogP contribution is -2.55. The van der Waals surface area contributed by atoms with Crippen LogP contribution >= 0.6 is 11.3 Å². The molecule has 3 rings (SSSR count). The Balaban J connectivity index is 1.82. The van der Waals surface area contributed by atoms with Crippen molar-refractivity contribution in [1.29, 1.82) is 0 Å². The van der Waals surface area contributed by atoms with E-state index in [0.717, 1.165) is 5.56 Å². The largest absolute Gasteiger partial charge is 0.481 e. The highest BCUT2D eigenvalue weighted by Gasteiger charge is 2.31. The predicted octanol–water partition coefficient (Wildman–Crippen LogP) is 2.26. The molecule has 11 nitrogen and oxygen atoms in total. The van der Waals surface area contributed by atoms with Gasteiger partial charge >= 0.3 is 12.1 Å². The molecule has 1 saturated heterocycles. The van der Waals surface area contributed by atoms with Gasteiger partial charge in [0.15, 0.2) is 0 Å². The topological polar surface area (TPSA) is 149 Å². The van der Waals surface area contributed by atoms with Crippen molar-refractivity contribution in [3.63, 3.8) is 0 Å². The standard InChI is InChI=1S/C24H28N4O7S/c1-35-15-5-8-18-20(26-22(36-18)16-6-3-2-4-7-16)21(31)25-17(9-10-19(29)30)23(32)27-11-13-28(14-12-27)24(33)34/h2-8,17H,9-15H2,1H3,(H,25,31)(H,29,30)(H,33,34)/b8-5+/t17-/m0/s1. The number of carbonyl (C=O) groups excluding carboxylic acids is 2. The SMILES string of the molecule is COC/C=C/c1sc(-c2ccccc2)nc1C(=O)N[C@@H](CCC(=O)O)C(=O)N1CCN(C(=O)O)CC1. The quantitative estimate of drug-likeness (QED) is 0.435. The zero-order chi connectivity index (χ0) is 26.1. The second kappa shape index (κ2) is 12.8. The highest BCUT2D eigenvalue weighted by Crippen LogP contribution is 2.29. The maximum absolute atomic E-state index is 13.3. The molecule has 0 spiro atoms. The number of aromatic nitrogens is 1. The number of nitrogens with zero attached hydrogens (tertiary/aromatic N) is 3. The molecule has 1 fully saturated rings. The molecule has 3 N–H and O–H groups in total. The van der Waals surface area contributed by atoms with Crippen molar-refractivity contribution in [3.8, 4) is 10.6 Å². The molecule has 2 heterocycles. The molecule has 2 aromatic rings. The lowest BCUT2D eigenvalue weighted by atomic mass is 10.1. The Kier molecular flexibility index (Phi) is 9.53. The predicted molar refractivity (Wildman–Crippen MR) is 133 cm³/mol. The molecule has 1 aliphatic heterocycles. The lowest BCUT2D eigenvalue weighted by Gasteiger charge is -2.35. The number of hydrogen-bond donors (Lipinski definition) is 3. The lowest BCUT2D eigenvalue weighted by molar-refractivity contribution is -0.138. The van der Waals surface area contributed by atoms with Gasteiger partial charge in [-0.3, -0.25) is 14.4 Å². The Hall–Kier alpha value is -3.77. The van der Waals surface area contributed by atoms with Gasteiger partial charge < -0.3 is 30.1 Å². The van der Waals surface area contributed by atoms with Crippen LogP contribution in [0.2, 0.25) is 0 Å². The van der Waals surface area contributed by atoms with Crippen LogP contribution in [0, 0.1) is 0 Å². The summed E-state index contributed by atoms with van der Waals surface area (Å²) in [5.41, 5.74) is 0.952. The van der Waals surface area contributed by atoms with Crippen molar-refractivity contribution < 1.29 is 34.1 Å². The highest BCUT2D eigenvalue weighted by molar-refractivity contribution is 7.16. The number of piperazine rings is 1. The number of thiazole rings is 1. The second-order valence-electron chi connectivity index (χ2n) is 8.01. The molecule has 36 heavy (non-hydrogen) atoms. The van der Waals surface area contributed by atoms with Crippen molar-refractivity contribution in [2.45, 2.75) is 18.9 Å². The number of benzene rings is 1. The zero-order valence-corrected chi connectivity index (χ0v) is 20.6. The molecule has 0 bridgehead atoms. The van der Waals surface area contributed by atoms with Gasteiger partial charge in [-0.15, -0.1) is 11.3 Å². The molecule has 3 amide bonds. The summed E-state index contributed by atoms with van der Waals surface area (Å²) in [6.45, 7) is 0.930. The fourth-order valence-corrected chi connectivity index (χ4v) is 4.65. The van der Waals surface area contributed by atoms with Gasteiger partial charge in [-0.05, 0) is 12.5 Å². The summed E-state index contributed by atoms with van der Waals surface area (Å²) in [5.74, 6) is -2.15. The van der Waals surface area contributed by atoms with Crippen molar-refractivity contribution >= 4 is 41.3 Å². The number of ether oxygens (including phenoxy) is 1. The molecule has 1 aromatic carbocycles. The van der Waals surface area contributed by atoms with E-state index in [1.54, 1.807) is 19.3 Å². The molecule has 1 aliphatic rings. The van der Waals surface area contributed by atoms with Gasteiger partial charge in [-0.25, -0.2) is 9.78 Å². The number of rotatable bonds is 10. The zero-order valence-electron chi connectivity index (χ0n) is 19.8. The van der Waals surface area contributed by atoms with Gasteiger partial charge in [0.1, 0.15) is 16.7 Å². The van der Waals surface area contributed by atoms with E-state index in [4.69, 9.17) is 14.9 Å². The first-order valence-electron chi connectivity index (χ1n) is 11.3. The summed E-state index contributed by atoms with van der Waals surface area (Å²) >= 11 is 1.31. The summed E-state index contributed by atoms with van der Waals surface area (Å²) in [5, 5.41) is 21.6. The third-order valence-electron chi connectivity index (χ3n) is 5.53. The molecular formula is C24H28N4O7S. The second-order valence-corrected chi connectivity index (χ2v) is 9.04. The summed E-state index contributed by atoms with van der Waals surface area (Å²) in [6, 6.07) is 8.25. The van der Waals surface area contributed by atoms with Gasteiger partial charge in [0, 0.05) is 45.3 Å². The number of hydrogen-bond acceptors (Lipinski definition) is 7. The normalized spacial score (nSPS) is 14.6. The molecule has 0 unspecified atom stereocenters. The van der Waals surface area contributed by atoms with Crippen LogP contribution in [-0.4, -0.2) is 94.8 Å². The summed E-state index contributed by atoms with van der Waals surface area (Å²) in [4.78, 5) is 56.6. The van der Waals surface area contributed by atoms with E-state index in [2.05, 4.69) is 10.3 Å². The number of nitrogens with one attached hydrogen (secondary N) is 1. The van der Waals surface area contributed by atoms with E-state index in [9.17, 15) is 19.2 Å². The first kappa shape index (κ1) is 26.8. The van der Waals surface area contributed by atoms with Crippen LogP contribution in [0.3, 0.4) is 0 Å². The Labute approximate surface area is 212 Å². The Morgan fingerprint density at radius 3 is 2.39 bits per heavy atom. The van der Waals surface area contributed by atoms with Crippen LogP contribution in [0.25, 0.3) is 16.6 Å². The molecule has 0 aliphatic carbocycles. The third kappa shape index (κ3) is 7.12. The average molecular weight is 517 g/mol. The van der Waals surface area contributed by atoms with Gasteiger partial charge in [0.2, 0.25) is 5.91 Å². The van der Waals surface area contributed by atoms with E-state index in [-0.39, 0.29) is 44.7 Å². The molecule has 0 radical (unpaired) electrons. The van der Waals surface area contributed by atoms with E-state index < -0.39 is 29.9 Å². The summed E-state index contributed by atoms with van der Waals surface area (Å²) in [6.07, 6.45) is 1.97. The van der Waals surface area contributed by atoms with Crippen molar-refractivity contribution in [1.82, 2.24) is 20.1 Å². The molecule has 12 heteroatoms. The molecule has 1 aromatic heterocycles. The maximum Gasteiger partial charge on any atom is 0.407 e. The first-order valence-corrected chi connectivity index (χ1v) is 12.1. The highest BCUT2D eigenvalue weighted by atomic mass is 32.1. The number of methoxy groups -OCH3 is 1. The minimum absolute atomic E-state index is 0.108. The minimum atomic E-state index is -1.10. The maximum atomic E-state index is 13.3. The van der Waals surface area contributed by atoms with Crippen LogP contribution in [0.4, 0.5) is 4.79 Å². The summed E-state index contributed by atoms with van der Waals surface area (Å²) < 4.78 is 5.05. The van der Waals surface area contributed by atoms with E-state index in [1.165, 1.54) is 21.1 Å². The van der Waals surface area contributed by atoms with Crippen LogP contribution in [0.1, 0.15) is 28.2 Å². The Morgan fingerprint density at radius 1 is 1.11 bits per heavy atom. The van der Waals surface area contributed by atoms with Crippen LogP contribution < -0.4 is 5.32 Å². The van der Waals surface area contributed by atoms with Gasteiger partial charge in [0.25, 0.3) is 5.91 Å². The van der Waals surface area contributed by atoms with E-state index in [0.29, 0.717) is 16.5 Å². The molecule has 192 valence electrons. The minimum Gasteiger partial charge on any atom is -0.481 e. The number of amides is 3. The number of carboxylic acids is 1.